The highest BCUT2D eigenvalue weighted by Crippen LogP contribution is 2.34. The van der Waals surface area contributed by atoms with Gasteiger partial charge in [-0.3, -0.25) is 0 Å². The highest BCUT2D eigenvalue weighted by Gasteiger charge is 2.52. The molecule has 0 N–H and O–H groups in total. The van der Waals surface area contributed by atoms with E-state index in [9.17, 15) is 8.42 Å². The lowest BCUT2D eigenvalue weighted by Crippen LogP contribution is -2.61. The largest absolute Gasteiger partial charge is 0.368 e. The molecule has 1 unspecified atom stereocenters. The van der Waals surface area contributed by atoms with Gasteiger partial charge in [0.25, 0.3) is 0 Å². The standard InChI is InChI=1S/C32H33NO6S/c1-24-29(36-21-25-13-5-2-6-14-25)30(37-22-26-15-7-3-8-16-26)31(38-23-27-17-9-4-10-18-27)32(39-24)40(34,35)28-19-11-12-20-33-28/h2-20,24,29-32H,21-23H2,1H3/t24-,29-,30+,31+,32?/m0/s1. The lowest BCUT2D eigenvalue weighted by Gasteiger charge is -2.44. The van der Waals surface area contributed by atoms with Crippen LogP contribution in [-0.2, 0) is 48.6 Å². The van der Waals surface area contributed by atoms with Gasteiger partial charge in [0, 0.05) is 6.20 Å². The fourth-order valence-electron chi connectivity index (χ4n) is 4.75. The Labute approximate surface area is 235 Å². The molecule has 0 radical (unpaired) electrons. The van der Waals surface area contributed by atoms with Crippen LogP contribution in [0.1, 0.15) is 23.6 Å². The van der Waals surface area contributed by atoms with Crippen LogP contribution in [0, 0.1) is 0 Å². The molecule has 0 bridgehead atoms. The van der Waals surface area contributed by atoms with Gasteiger partial charge in [-0.1, -0.05) is 97.1 Å². The van der Waals surface area contributed by atoms with E-state index in [1.807, 2.05) is 97.9 Å². The Kier molecular flexibility index (Phi) is 9.36. The van der Waals surface area contributed by atoms with E-state index in [-0.39, 0.29) is 18.2 Å². The van der Waals surface area contributed by atoms with E-state index in [2.05, 4.69) is 4.98 Å². The van der Waals surface area contributed by atoms with Crippen LogP contribution >= 0.6 is 0 Å². The summed E-state index contributed by atoms with van der Waals surface area (Å²) < 4.78 is 53.3. The summed E-state index contributed by atoms with van der Waals surface area (Å²) in [5.74, 6) is 0. The van der Waals surface area contributed by atoms with Gasteiger partial charge in [-0.15, -0.1) is 0 Å². The number of hydrogen-bond acceptors (Lipinski definition) is 7. The Bertz CT molecular complexity index is 1420. The van der Waals surface area contributed by atoms with Crippen LogP contribution in [-0.4, -0.2) is 43.3 Å². The maximum absolute atomic E-state index is 13.9. The predicted octanol–water partition coefficient (Wildman–Crippen LogP) is 5.36. The third-order valence-electron chi connectivity index (χ3n) is 6.82. The first-order chi connectivity index (χ1) is 19.5. The van der Waals surface area contributed by atoms with E-state index in [1.54, 1.807) is 12.1 Å². The fraction of sp³-hybridized carbons (Fsp3) is 0.281. The molecule has 5 atom stereocenters. The number of sulfone groups is 1. The summed E-state index contributed by atoms with van der Waals surface area (Å²) in [5.41, 5.74) is 1.49. The molecule has 1 aliphatic rings. The zero-order valence-corrected chi connectivity index (χ0v) is 23.1. The number of ether oxygens (including phenoxy) is 4. The van der Waals surface area contributed by atoms with Crippen molar-refractivity contribution in [1.82, 2.24) is 4.98 Å². The first-order valence-corrected chi connectivity index (χ1v) is 14.8. The summed E-state index contributed by atoms with van der Waals surface area (Å²) in [4.78, 5) is 4.12. The molecular weight excluding hydrogens is 526 g/mol. The lowest BCUT2D eigenvalue weighted by atomic mass is 9.99. The number of aromatic nitrogens is 1. The van der Waals surface area contributed by atoms with Gasteiger partial charge in [0.05, 0.1) is 25.9 Å². The van der Waals surface area contributed by atoms with Crippen molar-refractivity contribution in [3.63, 3.8) is 0 Å². The van der Waals surface area contributed by atoms with Gasteiger partial charge in [0.1, 0.15) is 18.3 Å². The molecule has 3 aromatic carbocycles. The quantitative estimate of drug-likeness (QED) is 0.245. The molecule has 4 aromatic rings. The first-order valence-electron chi connectivity index (χ1n) is 13.3. The van der Waals surface area contributed by atoms with Crippen LogP contribution in [0.3, 0.4) is 0 Å². The molecule has 8 heteroatoms. The van der Waals surface area contributed by atoms with Gasteiger partial charge in [-0.2, -0.15) is 0 Å². The van der Waals surface area contributed by atoms with Crippen molar-refractivity contribution in [3.8, 4) is 0 Å². The van der Waals surface area contributed by atoms with Crippen molar-refractivity contribution in [3.05, 3.63) is 132 Å². The second-order valence-corrected chi connectivity index (χ2v) is 11.7. The SMILES string of the molecule is C[C@@H]1OC(S(=O)(=O)c2ccccn2)[C@H](OCc2ccccc2)[C@H](OCc2ccccc2)[C@H]1OCc1ccccc1. The molecule has 1 aromatic heterocycles. The van der Waals surface area contributed by atoms with Gasteiger partial charge in [-0.05, 0) is 35.7 Å². The number of hydrogen-bond donors (Lipinski definition) is 0. The van der Waals surface area contributed by atoms with Crippen LogP contribution in [0.4, 0.5) is 0 Å². The molecular formula is C32H33NO6S. The van der Waals surface area contributed by atoms with Gasteiger partial charge in [0.2, 0.25) is 9.84 Å². The van der Waals surface area contributed by atoms with Gasteiger partial charge in [0.15, 0.2) is 10.5 Å². The Morgan fingerprint density at radius 2 is 1.07 bits per heavy atom. The molecule has 2 heterocycles. The van der Waals surface area contributed by atoms with Crippen molar-refractivity contribution >= 4 is 9.84 Å². The molecule has 5 rings (SSSR count). The minimum atomic E-state index is -4.05. The Balaban J connectivity index is 1.49. The lowest BCUT2D eigenvalue weighted by molar-refractivity contribution is -0.244. The van der Waals surface area contributed by atoms with E-state index in [4.69, 9.17) is 18.9 Å². The normalized spacial score (nSPS) is 23.1. The zero-order valence-electron chi connectivity index (χ0n) is 22.3. The molecule has 0 saturated carbocycles. The molecule has 1 aliphatic heterocycles. The van der Waals surface area contributed by atoms with Gasteiger partial charge < -0.3 is 18.9 Å². The van der Waals surface area contributed by atoms with Crippen LogP contribution < -0.4 is 0 Å². The third-order valence-corrected chi connectivity index (χ3v) is 8.63. The Morgan fingerprint density at radius 1 is 0.625 bits per heavy atom. The molecule has 1 saturated heterocycles. The summed E-state index contributed by atoms with van der Waals surface area (Å²) in [6, 6.07) is 33.9. The minimum absolute atomic E-state index is 0.0778. The first kappa shape index (κ1) is 28.1. The van der Waals surface area contributed by atoms with Crippen molar-refractivity contribution in [2.75, 3.05) is 0 Å². The second-order valence-electron chi connectivity index (χ2n) is 9.71. The molecule has 0 aliphatic carbocycles. The number of nitrogens with zero attached hydrogens (tertiary/aromatic N) is 1. The van der Waals surface area contributed by atoms with E-state index in [1.165, 1.54) is 12.3 Å². The van der Waals surface area contributed by atoms with Crippen LogP contribution in [0.5, 0.6) is 0 Å². The van der Waals surface area contributed by atoms with E-state index in [0.29, 0.717) is 6.61 Å². The smallest absolute Gasteiger partial charge is 0.225 e. The average Bonchev–Trinajstić information content (AvgIpc) is 3.00. The highest BCUT2D eigenvalue weighted by atomic mass is 32.2. The highest BCUT2D eigenvalue weighted by molar-refractivity contribution is 7.91. The molecule has 40 heavy (non-hydrogen) atoms. The maximum atomic E-state index is 13.9. The zero-order chi connectivity index (χ0) is 27.8. The van der Waals surface area contributed by atoms with E-state index < -0.39 is 39.7 Å². The van der Waals surface area contributed by atoms with Crippen molar-refractivity contribution < 1.29 is 27.4 Å². The molecule has 7 nitrogen and oxygen atoms in total. The second kappa shape index (κ2) is 13.3. The number of pyridine rings is 1. The van der Waals surface area contributed by atoms with Gasteiger partial charge in [-0.25, -0.2) is 13.4 Å². The van der Waals surface area contributed by atoms with Gasteiger partial charge >= 0.3 is 0 Å². The summed E-state index contributed by atoms with van der Waals surface area (Å²) in [5, 5.41) is -0.0778. The molecule has 0 spiro atoms. The number of benzene rings is 3. The summed E-state index contributed by atoms with van der Waals surface area (Å²) >= 11 is 0. The third kappa shape index (κ3) is 6.83. The Hall–Kier alpha value is -3.40. The van der Waals surface area contributed by atoms with Crippen LogP contribution in [0.25, 0.3) is 0 Å². The molecule has 0 amide bonds. The van der Waals surface area contributed by atoms with E-state index in [0.717, 1.165) is 16.7 Å². The van der Waals surface area contributed by atoms with E-state index >= 15 is 0 Å². The fourth-order valence-corrected chi connectivity index (χ4v) is 6.38. The predicted molar refractivity (Wildman–Crippen MR) is 151 cm³/mol. The van der Waals surface area contributed by atoms with Crippen LogP contribution in [0.15, 0.2) is 120 Å². The van der Waals surface area contributed by atoms with Crippen molar-refractivity contribution in [2.45, 2.75) is 61.6 Å². The molecule has 208 valence electrons. The number of rotatable bonds is 11. The topological polar surface area (TPSA) is 84.0 Å². The maximum Gasteiger partial charge on any atom is 0.225 e. The minimum Gasteiger partial charge on any atom is -0.368 e. The summed E-state index contributed by atoms with van der Waals surface area (Å²) in [6.07, 6.45) is -1.49. The summed E-state index contributed by atoms with van der Waals surface area (Å²) in [6.45, 7) is 2.55. The summed E-state index contributed by atoms with van der Waals surface area (Å²) in [7, 11) is -4.05. The average molecular weight is 560 g/mol. The van der Waals surface area contributed by atoms with Crippen molar-refractivity contribution in [1.29, 1.82) is 0 Å². The Morgan fingerprint density at radius 3 is 1.55 bits per heavy atom. The van der Waals surface area contributed by atoms with Crippen molar-refractivity contribution in [2.24, 2.45) is 0 Å². The monoisotopic (exact) mass is 559 g/mol. The molecule has 1 fully saturated rings. The van der Waals surface area contributed by atoms with Crippen LogP contribution in [0.2, 0.25) is 0 Å².